The van der Waals surface area contributed by atoms with Crippen molar-refractivity contribution < 1.29 is 20.1 Å². The van der Waals surface area contributed by atoms with E-state index in [0.29, 0.717) is 6.54 Å². The van der Waals surface area contributed by atoms with Crippen molar-refractivity contribution in [1.29, 1.82) is 0 Å². The third-order valence-corrected chi connectivity index (χ3v) is 4.21. The Morgan fingerprint density at radius 3 is 2.50 bits per heavy atom. The van der Waals surface area contributed by atoms with E-state index < -0.39 is 24.3 Å². The normalized spacial score (nSPS) is 26.7. The van der Waals surface area contributed by atoms with Gasteiger partial charge in [-0.3, -0.25) is 9.69 Å². The fourth-order valence-electron chi connectivity index (χ4n) is 2.99. The second-order valence-corrected chi connectivity index (χ2v) is 5.80. The number of aliphatic hydroxyl groups is 3. The van der Waals surface area contributed by atoms with Crippen molar-refractivity contribution >= 4 is 5.91 Å². The highest BCUT2D eigenvalue weighted by Crippen LogP contribution is 2.27. The summed E-state index contributed by atoms with van der Waals surface area (Å²) in [6, 6.07) is 8.25. The van der Waals surface area contributed by atoms with Crippen LogP contribution >= 0.6 is 0 Å². The molecule has 4 atom stereocenters. The summed E-state index contributed by atoms with van der Waals surface area (Å²) in [5.41, 5.74) is 0.860. The van der Waals surface area contributed by atoms with Crippen LogP contribution in [0, 0.1) is 11.8 Å². The number of nitrogens with one attached hydrogen (secondary N) is 1. The van der Waals surface area contributed by atoms with E-state index in [4.69, 9.17) is 0 Å². The first-order valence-corrected chi connectivity index (χ1v) is 8.11. The van der Waals surface area contributed by atoms with Crippen LogP contribution in [0.2, 0.25) is 0 Å². The van der Waals surface area contributed by atoms with E-state index in [2.05, 4.69) is 17.2 Å². The SMILES string of the molecule is CCNC(=O)C[C@@H]1[C@@H](O)[C@H](O)[C@@H](CO)N1CC#Cc1ccccc1. The summed E-state index contributed by atoms with van der Waals surface area (Å²) in [5.74, 6) is 5.80. The van der Waals surface area contributed by atoms with Crippen LogP contribution in [0.5, 0.6) is 0 Å². The predicted molar refractivity (Wildman–Crippen MR) is 90.0 cm³/mol. The largest absolute Gasteiger partial charge is 0.395 e. The van der Waals surface area contributed by atoms with Gasteiger partial charge in [-0.25, -0.2) is 0 Å². The van der Waals surface area contributed by atoms with Crippen LogP contribution in [0.3, 0.4) is 0 Å². The first kappa shape index (κ1) is 18.4. The summed E-state index contributed by atoms with van der Waals surface area (Å²) in [5, 5.41) is 32.6. The van der Waals surface area contributed by atoms with Gasteiger partial charge in [0.05, 0.1) is 31.4 Å². The number of rotatable bonds is 5. The molecule has 0 saturated carbocycles. The average molecular weight is 332 g/mol. The molecule has 0 spiro atoms. The fourth-order valence-corrected chi connectivity index (χ4v) is 2.99. The van der Waals surface area contributed by atoms with Crippen molar-refractivity contribution in [2.24, 2.45) is 0 Å². The maximum atomic E-state index is 11.9. The summed E-state index contributed by atoms with van der Waals surface area (Å²) in [7, 11) is 0. The molecule has 6 nitrogen and oxygen atoms in total. The molecule has 0 unspecified atom stereocenters. The van der Waals surface area contributed by atoms with Crippen LogP contribution in [0.25, 0.3) is 0 Å². The minimum absolute atomic E-state index is 0.0512. The Bertz CT molecular complexity index is 596. The van der Waals surface area contributed by atoms with Crippen LogP contribution in [-0.2, 0) is 4.79 Å². The highest BCUT2D eigenvalue weighted by Gasteiger charge is 2.47. The Morgan fingerprint density at radius 1 is 1.21 bits per heavy atom. The molecule has 1 heterocycles. The van der Waals surface area contributed by atoms with Gasteiger partial charge in [-0.2, -0.15) is 0 Å². The van der Waals surface area contributed by atoms with E-state index >= 15 is 0 Å². The molecule has 6 heteroatoms. The first-order chi connectivity index (χ1) is 11.6. The van der Waals surface area contributed by atoms with Gasteiger partial charge in [-0.15, -0.1) is 0 Å². The van der Waals surface area contributed by atoms with E-state index in [1.807, 2.05) is 37.3 Å². The lowest BCUT2D eigenvalue weighted by Crippen LogP contribution is -2.43. The summed E-state index contributed by atoms with van der Waals surface area (Å²) >= 11 is 0. The number of carbonyl (C=O) groups excluding carboxylic acids is 1. The van der Waals surface area contributed by atoms with Crippen molar-refractivity contribution in [2.45, 2.75) is 37.6 Å². The molecule has 130 valence electrons. The minimum Gasteiger partial charge on any atom is -0.395 e. The Kier molecular flexibility index (Phi) is 6.76. The number of carbonyl (C=O) groups is 1. The molecule has 1 aromatic rings. The monoisotopic (exact) mass is 332 g/mol. The second kappa shape index (κ2) is 8.81. The first-order valence-electron chi connectivity index (χ1n) is 8.11. The van der Waals surface area contributed by atoms with Gasteiger partial charge in [-0.1, -0.05) is 30.0 Å². The van der Waals surface area contributed by atoms with Crippen LogP contribution in [0.15, 0.2) is 30.3 Å². The van der Waals surface area contributed by atoms with Crippen molar-refractivity contribution in [3.63, 3.8) is 0 Å². The average Bonchev–Trinajstić information content (AvgIpc) is 2.80. The molecule has 1 aromatic carbocycles. The van der Waals surface area contributed by atoms with E-state index in [9.17, 15) is 20.1 Å². The van der Waals surface area contributed by atoms with Crippen molar-refractivity contribution in [3.05, 3.63) is 35.9 Å². The molecular weight excluding hydrogens is 308 g/mol. The van der Waals surface area contributed by atoms with Gasteiger partial charge < -0.3 is 20.6 Å². The molecule has 0 radical (unpaired) electrons. The van der Waals surface area contributed by atoms with E-state index in [0.717, 1.165) is 5.56 Å². The quantitative estimate of drug-likeness (QED) is 0.537. The lowest BCUT2D eigenvalue weighted by molar-refractivity contribution is -0.122. The number of hydrogen-bond acceptors (Lipinski definition) is 5. The highest BCUT2D eigenvalue weighted by atomic mass is 16.3. The topological polar surface area (TPSA) is 93.0 Å². The number of aliphatic hydroxyl groups excluding tert-OH is 3. The van der Waals surface area contributed by atoms with Crippen molar-refractivity contribution in [1.82, 2.24) is 10.2 Å². The maximum Gasteiger partial charge on any atom is 0.221 e. The molecule has 4 N–H and O–H groups in total. The Morgan fingerprint density at radius 2 is 1.88 bits per heavy atom. The van der Waals surface area contributed by atoms with Gasteiger partial charge in [0.2, 0.25) is 5.91 Å². The Balaban J connectivity index is 2.12. The fraction of sp³-hybridized carbons (Fsp3) is 0.500. The molecule has 1 aliphatic rings. The number of nitrogens with zero attached hydrogens (tertiary/aromatic N) is 1. The molecule has 2 rings (SSSR count). The number of amides is 1. The van der Waals surface area contributed by atoms with Crippen LogP contribution in [0.4, 0.5) is 0 Å². The van der Waals surface area contributed by atoms with Gasteiger partial charge in [0.1, 0.15) is 0 Å². The van der Waals surface area contributed by atoms with E-state index in [1.54, 1.807) is 4.90 Å². The van der Waals surface area contributed by atoms with Gasteiger partial charge in [-0.05, 0) is 19.1 Å². The number of benzene rings is 1. The summed E-state index contributed by atoms with van der Waals surface area (Å²) in [4.78, 5) is 13.6. The minimum atomic E-state index is -1.10. The summed E-state index contributed by atoms with van der Waals surface area (Å²) in [6.45, 7) is 2.26. The molecule has 1 saturated heterocycles. The zero-order chi connectivity index (χ0) is 17.5. The smallest absolute Gasteiger partial charge is 0.221 e. The molecule has 1 aliphatic heterocycles. The lowest BCUT2D eigenvalue weighted by Gasteiger charge is -2.27. The van der Waals surface area contributed by atoms with Gasteiger partial charge in [0, 0.05) is 24.6 Å². The van der Waals surface area contributed by atoms with E-state index in [1.165, 1.54) is 0 Å². The molecule has 0 aromatic heterocycles. The van der Waals surface area contributed by atoms with E-state index in [-0.39, 0.29) is 25.5 Å². The zero-order valence-corrected chi connectivity index (χ0v) is 13.7. The molecule has 1 amide bonds. The Labute approximate surface area is 142 Å². The van der Waals surface area contributed by atoms with Crippen LogP contribution in [0.1, 0.15) is 18.9 Å². The van der Waals surface area contributed by atoms with Gasteiger partial charge in [0.25, 0.3) is 0 Å². The lowest BCUT2D eigenvalue weighted by atomic mass is 10.1. The maximum absolute atomic E-state index is 11.9. The van der Waals surface area contributed by atoms with Crippen molar-refractivity contribution in [2.75, 3.05) is 19.7 Å². The molecular formula is C18H24N2O4. The summed E-state index contributed by atoms with van der Waals surface area (Å²) in [6.07, 6.45) is -2.15. The second-order valence-electron chi connectivity index (χ2n) is 5.80. The number of hydrogen-bond donors (Lipinski definition) is 4. The third kappa shape index (κ3) is 4.34. The number of likely N-dealkylation sites (tertiary alicyclic amines) is 1. The zero-order valence-electron chi connectivity index (χ0n) is 13.7. The van der Waals surface area contributed by atoms with Crippen LogP contribution in [-0.4, -0.2) is 70.1 Å². The van der Waals surface area contributed by atoms with Crippen molar-refractivity contribution in [3.8, 4) is 11.8 Å². The Hall–Kier alpha value is -1.91. The standard InChI is InChI=1S/C18H24N2O4/c1-2-19-16(22)11-14-17(23)18(24)15(12-21)20(14)10-6-9-13-7-4-3-5-8-13/h3-5,7-8,14-15,17-18,21,23-24H,2,10-12H2,1H3,(H,19,22)/t14-,15-,17-,18-/m1/s1. The van der Waals surface area contributed by atoms with Crippen LogP contribution < -0.4 is 5.32 Å². The molecule has 24 heavy (non-hydrogen) atoms. The molecule has 0 bridgehead atoms. The molecule has 1 fully saturated rings. The van der Waals surface area contributed by atoms with Gasteiger partial charge >= 0.3 is 0 Å². The third-order valence-electron chi connectivity index (χ3n) is 4.21. The van der Waals surface area contributed by atoms with Gasteiger partial charge in [0.15, 0.2) is 0 Å². The predicted octanol–water partition coefficient (Wildman–Crippen LogP) is -0.669. The summed E-state index contributed by atoms with van der Waals surface area (Å²) < 4.78 is 0. The highest BCUT2D eigenvalue weighted by molar-refractivity contribution is 5.76. The molecule has 0 aliphatic carbocycles.